The van der Waals surface area contributed by atoms with Crippen molar-refractivity contribution in [2.75, 3.05) is 19.7 Å². The molecule has 0 aromatic heterocycles. The van der Waals surface area contributed by atoms with Crippen LogP contribution in [0.5, 0.6) is 0 Å². The lowest BCUT2D eigenvalue weighted by Gasteiger charge is -2.27. The Balaban J connectivity index is 4.45. The molecule has 0 unspecified atom stereocenters. The number of esters is 1. The highest BCUT2D eigenvalue weighted by Gasteiger charge is 2.32. The number of carbonyl (C=O) groups excluding carboxylic acids is 1. The maximum absolute atomic E-state index is 12.3. The number of ether oxygens (including phenoxy) is 1. The molecule has 0 heterocycles. The first-order valence-electron chi connectivity index (χ1n) is 5.33. The SMILES string of the molecule is C=C(CN(CC(F)(F)F)C(C)C)C(=O)OCC. The van der Waals surface area contributed by atoms with Gasteiger partial charge in [-0.25, -0.2) is 4.79 Å². The quantitative estimate of drug-likeness (QED) is 0.537. The fourth-order valence-corrected chi connectivity index (χ4v) is 1.19. The van der Waals surface area contributed by atoms with Crippen molar-refractivity contribution in [1.29, 1.82) is 0 Å². The molecule has 0 N–H and O–H groups in total. The molecule has 0 rings (SSSR count). The van der Waals surface area contributed by atoms with E-state index < -0.39 is 18.7 Å². The number of nitrogens with zero attached hydrogens (tertiary/aromatic N) is 1. The summed E-state index contributed by atoms with van der Waals surface area (Å²) in [6.07, 6.45) is -4.29. The van der Waals surface area contributed by atoms with Crippen LogP contribution in [0, 0.1) is 0 Å². The van der Waals surface area contributed by atoms with Crippen LogP contribution in [0.3, 0.4) is 0 Å². The minimum Gasteiger partial charge on any atom is -0.463 e. The van der Waals surface area contributed by atoms with Gasteiger partial charge in [0.1, 0.15) is 0 Å². The molecule has 0 spiro atoms. The van der Waals surface area contributed by atoms with Crippen LogP contribution in [0.1, 0.15) is 20.8 Å². The van der Waals surface area contributed by atoms with Crippen LogP contribution in [-0.4, -0.2) is 42.8 Å². The molecule has 0 aliphatic heterocycles. The van der Waals surface area contributed by atoms with E-state index in [0.717, 1.165) is 4.90 Å². The molecule has 0 atom stereocenters. The summed E-state index contributed by atoms with van der Waals surface area (Å²) in [6.45, 7) is 7.30. The van der Waals surface area contributed by atoms with Gasteiger partial charge in [0.25, 0.3) is 0 Å². The van der Waals surface area contributed by atoms with Gasteiger partial charge in [-0.3, -0.25) is 4.90 Å². The minimum absolute atomic E-state index is 0.0322. The number of rotatable bonds is 6. The Morgan fingerprint density at radius 1 is 1.41 bits per heavy atom. The minimum atomic E-state index is -4.29. The van der Waals surface area contributed by atoms with Crippen molar-refractivity contribution in [2.45, 2.75) is 33.0 Å². The highest BCUT2D eigenvalue weighted by molar-refractivity contribution is 5.88. The molecule has 0 aromatic carbocycles. The third kappa shape index (κ3) is 6.99. The second-order valence-corrected chi connectivity index (χ2v) is 3.94. The lowest BCUT2D eigenvalue weighted by atomic mass is 10.2. The van der Waals surface area contributed by atoms with Crippen molar-refractivity contribution in [3.8, 4) is 0 Å². The van der Waals surface area contributed by atoms with E-state index in [1.807, 2.05) is 0 Å². The van der Waals surface area contributed by atoms with E-state index in [-0.39, 0.29) is 24.8 Å². The number of hydrogen-bond donors (Lipinski definition) is 0. The van der Waals surface area contributed by atoms with E-state index in [2.05, 4.69) is 11.3 Å². The van der Waals surface area contributed by atoms with E-state index in [1.165, 1.54) is 0 Å². The zero-order valence-corrected chi connectivity index (χ0v) is 10.3. The van der Waals surface area contributed by atoms with E-state index >= 15 is 0 Å². The number of alkyl halides is 3. The topological polar surface area (TPSA) is 29.5 Å². The maximum Gasteiger partial charge on any atom is 0.401 e. The van der Waals surface area contributed by atoms with Crippen LogP contribution in [-0.2, 0) is 9.53 Å². The molecule has 0 bridgehead atoms. The molecule has 0 saturated carbocycles. The normalized spacial score (nSPS) is 12.0. The Kier molecular flexibility index (Phi) is 6.23. The standard InChI is InChI=1S/C11H18F3NO2/c1-5-17-10(16)9(4)6-15(8(2)3)7-11(12,13)14/h8H,4-7H2,1-3H3. The van der Waals surface area contributed by atoms with Gasteiger partial charge in [-0.15, -0.1) is 0 Å². The summed E-state index contributed by atoms with van der Waals surface area (Å²) in [5.41, 5.74) is 0.0322. The van der Waals surface area contributed by atoms with Gasteiger partial charge in [-0.2, -0.15) is 13.2 Å². The highest BCUT2D eigenvalue weighted by Crippen LogP contribution is 2.18. The molecule has 3 nitrogen and oxygen atoms in total. The third-order valence-corrected chi connectivity index (χ3v) is 2.07. The van der Waals surface area contributed by atoms with Crippen molar-refractivity contribution >= 4 is 5.97 Å². The molecular formula is C11H18F3NO2. The van der Waals surface area contributed by atoms with Gasteiger partial charge in [0, 0.05) is 18.2 Å². The van der Waals surface area contributed by atoms with Crippen molar-refractivity contribution in [1.82, 2.24) is 4.90 Å². The van der Waals surface area contributed by atoms with Crippen LogP contribution in [0.25, 0.3) is 0 Å². The number of hydrogen-bond acceptors (Lipinski definition) is 3. The summed E-state index contributed by atoms with van der Waals surface area (Å²) < 4.78 is 41.5. The molecule has 0 radical (unpaired) electrons. The fraction of sp³-hybridized carbons (Fsp3) is 0.727. The molecule has 0 amide bonds. The van der Waals surface area contributed by atoms with Crippen LogP contribution in [0.4, 0.5) is 13.2 Å². The predicted octanol–water partition coefficient (Wildman–Crippen LogP) is 2.38. The summed E-state index contributed by atoms with van der Waals surface area (Å²) in [4.78, 5) is 12.4. The Hall–Kier alpha value is -1.04. The predicted molar refractivity (Wildman–Crippen MR) is 58.5 cm³/mol. The highest BCUT2D eigenvalue weighted by atomic mass is 19.4. The largest absolute Gasteiger partial charge is 0.463 e. The van der Waals surface area contributed by atoms with Crippen LogP contribution in [0.15, 0.2) is 12.2 Å². The Bertz CT molecular complexity index is 274. The molecule has 6 heteroatoms. The third-order valence-electron chi connectivity index (χ3n) is 2.07. The monoisotopic (exact) mass is 253 g/mol. The van der Waals surface area contributed by atoms with Gasteiger partial charge in [0.15, 0.2) is 0 Å². The Morgan fingerprint density at radius 2 is 1.94 bits per heavy atom. The van der Waals surface area contributed by atoms with E-state index in [1.54, 1.807) is 20.8 Å². The van der Waals surface area contributed by atoms with E-state index in [4.69, 9.17) is 0 Å². The molecule has 17 heavy (non-hydrogen) atoms. The Morgan fingerprint density at radius 3 is 2.29 bits per heavy atom. The van der Waals surface area contributed by atoms with Crippen LogP contribution < -0.4 is 0 Å². The summed E-state index contributed by atoms with van der Waals surface area (Å²) >= 11 is 0. The van der Waals surface area contributed by atoms with Crippen molar-refractivity contribution < 1.29 is 22.7 Å². The summed E-state index contributed by atoms with van der Waals surface area (Å²) in [6, 6.07) is -0.331. The van der Waals surface area contributed by atoms with Gasteiger partial charge < -0.3 is 4.74 Å². The second kappa shape index (κ2) is 6.64. The zero-order valence-electron chi connectivity index (χ0n) is 10.3. The summed E-state index contributed by atoms with van der Waals surface area (Å²) in [5, 5.41) is 0. The van der Waals surface area contributed by atoms with Crippen molar-refractivity contribution in [3.05, 3.63) is 12.2 Å². The first kappa shape index (κ1) is 16.0. The van der Waals surface area contributed by atoms with Gasteiger partial charge >= 0.3 is 12.1 Å². The molecule has 0 aliphatic rings. The van der Waals surface area contributed by atoms with Gasteiger partial charge in [-0.1, -0.05) is 6.58 Å². The first-order valence-corrected chi connectivity index (χ1v) is 5.33. The fourth-order valence-electron chi connectivity index (χ4n) is 1.19. The lowest BCUT2D eigenvalue weighted by molar-refractivity contribution is -0.150. The first-order chi connectivity index (χ1) is 7.67. The van der Waals surface area contributed by atoms with Gasteiger partial charge in [0.05, 0.1) is 13.2 Å². The molecule has 0 saturated heterocycles. The lowest BCUT2D eigenvalue weighted by Crippen LogP contribution is -2.41. The summed E-state index contributed by atoms with van der Waals surface area (Å²) in [7, 11) is 0. The van der Waals surface area contributed by atoms with Crippen molar-refractivity contribution in [3.63, 3.8) is 0 Å². The Labute approximate surface area is 99.2 Å². The number of halogens is 3. The van der Waals surface area contributed by atoms with Crippen LogP contribution in [0.2, 0.25) is 0 Å². The molecule has 0 aromatic rings. The molecule has 0 fully saturated rings. The second-order valence-electron chi connectivity index (χ2n) is 3.94. The van der Waals surface area contributed by atoms with Crippen LogP contribution >= 0.6 is 0 Å². The average Bonchev–Trinajstić information content (AvgIpc) is 2.14. The number of carbonyl (C=O) groups is 1. The van der Waals surface area contributed by atoms with E-state index in [9.17, 15) is 18.0 Å². The molecular weight excluding hydrogens is 235 g/mol. The van der Waals surface area contributed by atoms with Gasteiger partial charge in [-0.05, 0) is 20.8 Å². The summed E-state index contributed by atoms with van der Waals surface area (Å²) in [5.74, 6) is -0.652. The molecule has 0 aliphatic carbocycles. The zero-order chi connectivity index (χ0) is 13.6. The van der Waals surface area contributed by atoms with Gasteiger partial charge in [0.2, 0.25) is 0 Å². The van der Waals surface area contributed by atoms with Crippen molar-refractivity contribution in [2.24, 2.45) is 0 Å². The maximum atomic E-state index is 12.3. The smallest absolute Gasteiger partial charge is 0.401 e. The average molecular weight is 253 g/mol. The molecule has 100 valence electrons. The van der Waals surface area contributed by atoms with E-state index in [0.29, 0.717) is 0 Å².